The first-order valence-electron chi connectivity index (χ1n) is 7.93. The van der Waals surface area contributed by atoms with Crippen LogP contribution in [0.3, 0.4) is 0 Å². The van der Waals surface area contributed by atoms with Gasteiger partial charge in [0.1, 0.15) is 18.3 Å². The highest BCUT2D eigenvalue weighted by Crippen LogP contribution is 2.27. The summed E-state index contributed by atoms with van der Waals surface area (Å²) < 4.78 is 24.8. The van der Waals surface area contributed by atoms with Gasteiger partial charge in [-0.1, -0.05) is 5.10 Å². The van der Waals surface area contributed by atoms with Gasteiger partial charge in [0.05, 0.1) is 19.2 Å². The lowest BCUT2D eigenvalue weighted by Gasteiger charge is -2.27. The molecule has 0 N–H and O–H groups in total. The number of ether oxygens (including phenoxy) is 1. The molecule has 3 rings (SSSR count). The number of alkyl halides is 1. The lowest BCUT2D eigenvalue weighted by Crippen LogP contribution is -2.39. The van der Waals surface area contributed by atoms with Crippen LogP contribution in [0.25, 0.3) is 0 Å². The Morgan fingerprint density at radius 1 is 1.42 bits per heavy atom. The Labute approximate surface area is 139 Å². The molecule has 0 radical (unpaired) electrons. The molecule has 1 aliphatic rings. The van der Waals surface area contributed by atoms with E-state index in [9.17, 15) is 4.39 Å². The fraction of sp³-hybridized carbons (Fsp3) is 0.600. The number of hydrogen-bond acceptors (Lipinski definition) is 8. The van der Waals surface area contributed by atoms with Gasteiger partial charge >= 0.3 is 6.01 Å². The highest BCUT2D eigenvalue weighted by atomic mass is 19.1. The topological polar surface area (TPSA) is 80.4 Å². The molecule has 24 heavy (non-hydrogen) atoms. The first kappa shape index (κ1) is 16.4. The van der Waals surface area contributed by atoms with E-state index in [1.807, 2.05) is 23.8 Å². The Balaban J connectivity index is 1.72. The summed E-state index contributed by atoms with van der Waals surface area (Å²) in [7, 11) is 1.90. The van der Waals surface area contributed by atoms with Gasteiger partial charge < -0.3 is 19.0 Å². The van der Waals surface area contributed by atoms with Crippen LogP contribution in [0.1, 0.15) is 19.2 Å². The molecule has 0 spiro atoms. The second-order valence-corrected chi connectivity index (χ2v) is 5.77. The summed E-state index contributed by atoms with van der Waals surface area (Å²) in [5.41, 5.74) is 0. The highest BCUT2D eigenvalue weighted by Gasteiger charge is 2.36. The number of aryl methyl sites for hydroxylation is 1. The number of halogens is 1. The van der Waals surface area contributed by atoms with Crippen LogP contribution in [0.4, 0.5) is 16.2 Å². The molecular formula is C15H21FN6O2. The molecule has 3 heterocycles. The average molecular weight is 336 g/mol. The standard InChI is InChI=1S/C15H21FN6O2/c1-4-23-14-6-13(17-9-18-14)21(3)8-12-5-11(16)7-22(12)15-20-19-10(2)24-15/h6,9,11-12H,4-5,7-8H2,1-3H3/t11-,12-/m0/s1. The van der Waals surface area contributed by atoms with E-state index in [1.165, 1.54) is 6.33 Å². The molecule has 1 saturated heterocycles. The van der Waals surface area contributed by atoms with Crippen molar-refractivity contribution < 1.29 is 13.5 Å². The predicted octanol–water partition coefficient (Wildman–Crippen LogP) is 1.62. The molecule has 1 fully saturated rings. The molecule has 2 atom stereocenters. The van der Waals surface area contributed by atoms with Crippen LogP contribution in [0, 0.1) is 6.92 Å². The van der Waals surface area contributed by atoms with Crippen molar-refractivity contribution in [2.24, 2.45) is 0 Å². The molecule has 0 aromatic carbocycles. The van der Waals surface area contributed by atoms with E-state index in [-0.39, 0.29) is 12.6 Å². The minimum absolute atomic E-state index is 0.0737. The van der Waals surface area contributed by atoms with Crippen LogP contribution >= 0.6 is 0 Å². The summed E-state index contributed by atoms with van der Waals surface area (Å²) >= 11 is 0. The third kappa shape index (κ3) is 3.55. The van der Waals surface area contributed by atoms with Gasteiger partial charge in [0, 0.05) is 33.0 Å². The monoisotopic (exact) mass is 336 g/mol. The minimum Gasteiger partial charge on any atom is -0.478 e. The van der Waals surface area contributed by atoms with Crippen molar-refractivity contribution in [3.05, 3.63) is 18.3 Å². The molecule has 0 amide bonds. The summed E-state index contributed by atoms with van der Waals surface area (Å²) in [6.45, 7) is 4.99. The van der Waals surface area contributed by atoms with Crippen LogP contribution in [0.2, 0.25) is 0 Å². The lowest BCUT2D eigenvalue weighted by atomic mass is 10.2. The molecular weight excluding hydrogens is 315 g/mol. The van der Waals surface area contributed by atoms with Gasteiger partial charge in [-0.05, 0) is 6.92 Å². The van der Waals surface area contributed by atoms with Crippen molar-refractivity contribution in [1.29, 1.82) is 0 Å². The summed E-state index contributed by atoms with van der Waals surface area (Å²) in [6.07, 6.45) is 0.956. The number of aromatic nitrogens is 4. The quantitative estimate of drug-likeness (QED) is 0.787. The van der Waals surface area contributed by atoms with Gasteiger partial charge in [0.15, 0.2) is 0 Å². The maximum Gasteiger partial charge on any atom is 0.318 e. The second-order valence-electron chi connectivity index (χ2n) is 5.77. The SMILES string of the molecule is CCOc1cc(N(C)C[C@@H]2C[C@H](F)CN2c2nnc(C)o2)ncn1. The first-order valence-corrected chi connectivity index (χ1v) is 7.93. The number of rotatable bonds is 6. The van der Waals surface area contributed by atoms with E-state index >= 15 is 0 Å². The van der Waals surface area contributed by atoms with E-state index in [0.717, 1.165) is 5.82 Å². The Morgan fingerprint density at radius 2 is 2.25 bits per heavy atom. The molecule has 1 aliphatic heterocycles. The Kier molecular flexibility index (Phi) is 4.77. The average Bonchev–Trinajstić information content (AvgIpc) is 3.13. The van der Waals surface area contributed by atoms with Crippen molar-refractivity contribution in [3.8, 4) is 5.88 Å². The van der Waals surface area contributed by atoms with Crippen molar-refractivity contribution in [1.82, 2.24) is 20.2 Å². The molecule has 8 nitrogen and oxygen atoms in total. The summed E-state index contributed by atoms with van der Waals surface area (Å²) in [5, 5.41) is 7.84. The van der Waals surface area contributed by atoms with Gasteiger partial charge in [-0.25, -0.2) is 14.4 Å². The fourth-order valence-corrected chi connectivity index (χ4v) is 2.84. The van der Waals surface area contributed by atoms with E-state index in [2.05, 4.69) is 20.2 Å². The van der Waals surface area contributed by atoms with Crippen molar-refractivity contribution in [2.75, 3.05) is 36.5 Å². The third-order valence-electron chi connectivity index (χ3n) is 3.92. The first-order chi connectivity index (χ1) is 11.6. The zero-order chi connectivity index (χ0) is 17.1. The maximum absolute atomic E-state index is 13.9. The van der Waals surface area contributed by atoms with Gasteiger partial charge in [0.2, 0.25) is 11.8 Å². The summed E-state index contributed by atoms with van der Waals surface area (Å²) in [6, 6.07) is 2.06. The van der Waals surface area contributed by atoms with Crippen LogP contribution in [-0.4, -0.2) is 59.1 Å². The smallest absolute Gasteiger partial charge is 0.318 e. The van der Waals surface area contributed by atoms with E-state index in [0.29, 0.717) is 37.4 Å². The third-order valence-corrected chi connectivity index (χ3v) is 3.92. The molecule has 2 aromatic rings. The molecule has 0 bridgehead atoms. The van der Waals surface area contributed by atoms with Gasteiger partial charge in [-0.2, -0.15) is 0 Å². The van der Waals surface area contributed by atoms with E-state index < -0.39 is 6.17 Å². The zero-order valence-corrected chi connectivity index (χ0v) is 14.0. The van der Waals surface area contributed by atoms with Crippen molar-refractivity contribution >= 4 is 11.8 Å². The normalized spacial score (nSPS) is 20.4. The molecule has 2 aromatic heterocycles. The number of hydrogen-bond donors (Lipinski definition) is 0. The highest BCUT2D eigenvalue weighted by molar-refractivity contribution is 5.41. The Morgan fingerprint density at radius 3 is 2.96 bits per heavy atom. The molecule has 130 valence electrons. The fourth-order valence-electron chi connectivity index (χ4n) is 2.84. The van der Waals surface area contributed by atoms with E-state index in [4.69, 9.17) is 9.15 Å². The van der Waals surface area contributed by atoms with Gasteiger partial charge in [-0.3, -0.25) is 0 Å². The van der Waals surface area contributed by atoms with Crippen LogP contribution in [0.15, 0.2) is 16.8 Å². The van der Waals surface area contributed by atoms with Crippen LogP contribution in [0.5, 0.6) is 5.88 Å². The summed E-state index contributed by atoms with van der Waals surface area (Å²) in [4.78, 5) is 12.1. The number of likely N-dealkylation sites (N-methyl/N-ethyl adjacent to an activating group) is 1. The lowest BCUT2D eigenvalue weighted by molar-refractivity contribution is 0.326. The Hall–Kier alpha value is -2.45. The van der Waals surface area contributed by atoms with Crippen molar-refractivity contribution in [3.63, 3.8) is 0 Å². The van der Waals surface area contributed by atoms with Crippen molar-refractivity contribution in [2.45, 2.75) is 32.5 Å². The zero-order valence-electron chi connectivity index (χ0n) is 14.0. The molecule has 0 aliphatic carbocycles. The number of nitrogens with zero attached hydrogens (tertiary/aromatic N) is 6. The minimum atomic E-state index is -0.917. The largest absolute Gasteiger partial charge is 0.478 e. The number of anilines is 2. The van der Waals surface area contributed by atoms with E-state index in [1.54, 1.807) is 13.0 Å². The molecule has 0 unspecified atom stereocenters. The van der Waals surface area contributed by atoms with Gasteiger partial charge in [0.25, 0.3) is 0 Å². The summed E-state index contributed by atoms with van der Waals surface area (Å²) in [5.74, 6) is 1.71. The predicted molar refractivity (Wildman–Crippen MR) is 86.2 cm³/mol. The second kappa shape index (κ2) is 6.98. The molecule has 0 saturated carbocycles. The Bertz CT molecular complexity index is 681. The van der Waals surface area contributed by atoms with Crippen LogP contribution < -0.4 is 14.5 Å². The van der Waals surface area contributed by atoms with Crippen LogP contribution in [-0.2, 0) is 0 Å². The molecule has 9 heteroatoms. The van der Waals surface area contributed by atoms with Gasteiger partial charge in [-0.15, -0.1) is 5.10 Å². The maximum atomic E-state index is 13.9.